The lowest BCUT2D eigenvalue weighted by atomic mass is 10.2. The quantitative estimate of drug-likeness (QED) is 0.749. The Bertz CT molecular complexity index is 798. The lowest BCUT2D eigenvalue weighted by Crippen LogP contribution is -2.37. The summed E-state index contributed by atoms with van der Waals surface area (Å²) >= 11 is 5.48. The molecule has 0 aromatic carbocycles. The zero-order valence-electron chi connectivity index (χ0n) is 13.6. The van der Waals surface area contributed by atoms with Gasteiger partial charge in [0, 0.05) is 32.0 Å². The average Bonchev–Trinajstić information content (AvgIpc) is 2.90. The first-order valence-electron chi connectivity index (χ1n) is 7.40. The van der Waals surface area contributed by atoms with E-state index in [0.717, 1.165) is 10.1 Å². The Labute approximate surface area is 147 Å². The van der Waals surface area contributed by atoms with Gasteiger partial charge in [-0.05, 0) is 6.08 Å². The molecule has 3 atom stereocenters. The molecule has 0 unspecified atom stereocenters. The van der Waals surface area contributed by atoms with Crippen LogP contribution in [0.2, 0.25) is 0 Å². The van der Waals surface area contributed by atoms with Crippen LogP contribution in [0.15, 0.2) is 21.3 Å². The second-order valence-electron chi connectivity index (χ2n) is 5.38. The topological polar surface area (TPSA) is 117 Å². The van der Waals surface area contributed by atoms with Crippen LogP contribution in [0.25, 0.3) is 6.08 Å². The SMILES string of the molecule is CC(=O)OC[C@H]1C[C@@H](OC(C)=O)[C@H](n2cc(/C=C/Cl)c(=O)[nH]c2=O)O1. The van der Waals surface area contributed by atoms with Gasteiger partial charge < -0.3 is 14.2 Å². The van der Waals surface area contributed by atoms with Gasteiger partial charge in [0.15, 0.2) is 6.23 Å². The summed E-state index contributed by atoms with van der Waals surface area (Å²) in [4.78, 5) is 48.3. The van der Waals surface area contributed by atoms with E-state index in [1.54, 1.807) is 0 Å². The van der Waals surface area contributed by atoms with Crippen LogP contribution >= 0.6 is 11.6 Å². The van der Waals surface area contributed by atoms with Crippen LogP contribution < -0.4 is 11.2 Å². The Morgan fingerprint density at radius 3 is 2.72 bits per heavy atom. The molecule has 1 aromatic rings. The highest BCUT2D eigenvalue weighted by atomic mass is 35.5. The summed E-state index contributed by atoms with van der Waals surface area (Å²) in [5.41, 5.74) is -0.0889. The number of ether oxygens (including phenoxy) is 3. The van der Waals surface area contributed by atoms with Crippen LogP contribution in [-0.4, -0.2) is 40.3 Å². The fraction of sp³-hybridized carbons (Fsp3) is 0.467. The van der Waals surface area contributed by atoms with E-state index in [1.165, 1.54) is 26.1 Å². The molecule has 2 heterocycles. The number of hydrogen-bond acceptors (Lipinski definition) is 7. The molecule has 0 saturated carbocycles. The smallest absolute Gasteiger partial charge is 0.330 e. The Morgan fingerprint density at radius 1 is 1.40 bits per heavy atom. The monoisotopic (exact) mass is 372 g/mol. The third-order valence-electron chi connectivity index (χ3n) is 3.45. The number of H-pyrrole nitrogens is 1. The van der Waals surface area contributed by atoms with Gasteiger partial charge >= 0.3 is 17.6 Å². The van der Waals surface area contributed by atoms with Gasteiger partial charge in [-0.25, -0.2) is 4.79 Å². The number of aromatic amines is 1. The fourth-order valence-electron chi connectivity index (χ4n) is 2.47. The predicted octanol–water partition coefficient (Wildman–Crippen LogP) is 0.528. The maximum atomic E-state index is 12.1. The lowest BCUT2D eigenvalue weighted by molar-refractivity contribution is -0.153. The van der Waals surface area contributed by atoms with Crippen LogP contribution in [0.4, 0.5) is 0 Å². The van der Waals surface area contributed by atoms with Crippen molar-refractivity contribution in [3.05, 3.63) is 38.1 Å². The molecule has 25 heavy (non-hydrogen) atoms. The Balaban J connectivity index is 2.34. The first-order chi connectivity index (χ1) is 11.8. The first-order valence-corrected chi connectivity index (χ1v) is 7.83. The van der Waals surface area contributed by atoms with E-state index in [0.29, 0.717) is 0 Å². The number of esters is 2. The van der Waals surface area contributed by atoms with Gasteiger partial charge in [0.1, 0.15) is 12.7 Å². The largest absolute Gasteiger partial charge is 0.463 e. The van der Waals surface area contributed by atoms with Crippen molar-refractivity contribution in [3.8, 4) is 0 Å². The third-order valence-corrected chi connectivity index (χ3v) is 3.57. The molecule has 1 N–H and O–H groups in total. The van der Waals surface area contributed by atoms with E-state index >= 15 is 0 Å². The van der Waals surface area contributed by atoms with E-state index in [4.69, 9.17) is 25.8 Å². The summed E-state index contributed by atoms with van der Waals surface area (Å²) < 4.78 is 16.9. The maximum absolute atomic E-state index is 12.1. The van der Waals surface area contributed by atoms with E-state index in [1.807, 2.05) is 0 Å². The van der Waals surface area contributed by atoms with Crippen LogP contribution in [-0.2, 0) is 23.8 Å². The summed E-state index contributed by atoms with van der Waals surface area (Å²) in [6.07, 6.45) is 0.469. The van der Waals surface area contributed by atoms with Gasteiger partial charge in [-0.1, -0.05) is 11.6 Å². The number of hydrogen-bond donors (Lipinski definition) is 1. The van der Waals surface area contributed by atoms with E-state index in [2.05, 4.69) is 4.98 Å². The van der Waals surface area contributed by atoms with Crippen molar-refractivity contribution >= 4 is 29.6 Å². The van der Waals surface area contributed by atoms with Crippen LogP contribution in [0.5, 0.6) is 0 Å². The predicted molar refractivity (Wildman–Crippen MR) is 86.9 cm³/mol. The Kier molecular flexibility index (Phi) is 6.16. The molecule has 1 aliphatic rings. The van der Waals surface area contributed by atoms with Gasteiger partial charge in [0.05, 0.1) is 11.7 Å². The highest BCUT2D eigenvalue weighted by Crippen LogP contribution is 2.30. The number of halogens is 1. The molecular weight excluding hydrogens is 356 g/mol. The molecule has 1 saturated heterocycles. The molecule has 0 spiro atoms. The third kappa shape index (κ3) is 4.80. The van der Waals surface area contributed by atoms with Crippen molar-refractivity contribution in [3.63, 3.8) is 0 Å². The molecule has 1 fully saturated rings. The van der Waals surface area contributed by atoms with Crippen LogP contribution in [0.1, 0.15) is 32.1 Å². The number of nitrogens with one attached hydrogen (secondary N) is 1. The molecule has 0 radical (unpaired) electrons. The number of aromatic nitrogens is 2. The molecule has 0 aliphatic carbocycles. The fourth-order valence-corrected chi connectivity index (χ4v) is 2.61. The van der Waals surface area contributed by atoms with Crippen molar-refractivity contribution in [2.75, 3.05) is 6.61 Å². The lowest BCUT2D eigenvalue weighted by Gasteiger charge is -2.20. The van der Waals surface area contributed by atoms with Crippen molar-refractivity contribution in [2.24, 2.45) is 0 Å². The van der Waals surface area contributed by atoms with Gasteiger partial charge in [-0.15, -0.1) is 0 Å². The second kappa shape index (κ2) is 8.13. The minimum Gasteiger partial charge on any atom is -0.463 e. The second-order valence-corrected chi connectivity index (χ2v) is 5.63. The summed E-state index contributed by atoms with van der Waals surface area (Å²) in [7, 11) is 0. The summed E-state index contributed by atoms with van der Waals surface area (Å²) in [6, 6.07) is 0. The van der Waals surface area contributed by atoms with E-state index in [9.17, 15) is 19.2 Å². The zero-order valence-corrected chi connectivity index (χ0v) is 14.3. The minimum absolute atomic E-state index is 0.0455. The van der Waals surface area contributed by atoms with Gasteiger partial charge in [0.2, 0.25) is 0 Å². The molecule has 1 aromatic heterocycles. The van der Waals surface area contributed by atoms with E-state index < -0.39 is 41.6 Å². The molecule has 10 heteroatoms. The number of nitrogens with zero attached hydrogens (tertiary/aromatic N) is 1. The molecule has 136 valence electrons. The molecule has 1 aliphatic heterocycles. The van der Waals surface area contributed by atoms with Gasteiger partial charge in [0.25, 0.3) is 5.56 Å². The van der Waals surface area contributed by atoms with Crippen molar-refractivity contribution in [1.82, 2.24) is 9.55 Å². The van der Waals surface area contributed by atoms with Crippen molar-refractivity contribution < 1.29 is 23.8 Å². The Hall–Kier alpha value is -2.39. The summed E-state index contributed by atoms with van der Waals surface area (Å²) in [5.74, 6) is -1.03. The first kappa shape index (κ1) is 18.9. The maximum Gasteiger partial charge on any atom is 0.330 e. The minimum atomic E-state index is -0.976. The Morgan fingerprint density at radius 2 is 2.12 bits per heavy atom. The highest BCUT2D eigenvalue weighted by Gasteiger charge is 2.40. The van der Waals surface area contributed by atoms with Gasteiger partial charge in [-0.2, -0.15) is 0 Å². The van der Waals surface area contributed by atoms with Gasteiger partial charge in [-0.3, -0.25) is 23.9 Å². The van der Waals surface area contributed by atoms with Crippen LogP contribution in [0, 0.1) is 0 Å². The molecule has 0 bridgehead atoms. The summed E-state index contributed by atoms with van der Waals surface area (Å²) in [6.45, 7) is 2.44. The molecule has 9 nitrogen and oxygen atoms in total. The molecule has 2 rings (SSSR count). The molecule has 0 amide bonds. The van der Waals surface area contributed by atoms with E-state index in [-0.39, 0.29) is 18.6 Å². The normalized spacial score (nSPS) is 22.9. The number of carbonyl (C=O) groups excluding carboxylic acids is 2. The van der Waals surface area contributed by atoms with Crippen molar-refractivity contribution in [1.29, 1.82) is 0 Å². The average molecular weight is 373 g/mol. The van der Waals surface area contributed by atoms with Crippen molar-refractivity contribution in [2.45, 2.75) is 38.7 Å². The highest BCUT2D eigenvalue weighted by molar-refractivity contribution is 6.27. The standard InChI is InChI=1S/C15H17ClN2O7/c1-8(19)23-7-11-5-12(24-9(2)20)14(25-11)18-6-10(3-4-16)13(21)17-15(18)22/h3-4,6,11-12,14H,5,7H2,1-2H3,(H,17,21,22)/b4-3+/t11-,12-,14-/m1/s1. The van der Waals surface area contributed by atoms with Crippen LogP contribution in [0.3, 0.4) is 0 Å². The zero-order chi connectivity index (χ0) is 18.6. The number of rotatable bonds is 5. The summed E-state index contributed by atoms with van der Waals surface area (Å²) in [5, 5.41) is 0. The molecular formula is C15H17ClN2O7. The number of carbonyl (C=O) groups is 2.